The minimum atomic E-state index is -0.282. The predicted molar refractivity (Wildman–Crippen MR) is 75.8 cm³/mol. The molecule has 0 aromatic heterocycles. The van der Waals surface area contributed by atoms with Crippen LogP contribution < -0.4 is 5.73 Å². The number of rotatable bonds is 3. The normalized spacial score (nSPS) is 32.5. The van der Waals surface area contributed by atoms with Gasteiger partial charge in [0, 0.05) is 17.0 Å². The molecular weight excluding hydrogens is 265 g/mol. The fraction of sp³-hybridized carbons (Fsp3) is 0.600. The predicted octanol–water partition coefficient (Wildman–Crippen LogP) is 3.41. The zero-order valence-corrected chi connectivity index (χ0v) is 12.3. The summed E-state index contributed by atoms with van der Waals surface area (Å²) in [6, 6.07) is 4.65. The molecule has 0 saturated carbocycles. The van der Waals surface area contributed by atoms with Crippen molar-refractivity contribution in [2.24, 2.45) is 17.6 Å². The molecule has 1 aliphatic heterocycles. The van der Waals surface area contributed by atoms with Gasteiger partial charge in [0.15, 0.2) is 0 Å². The van der Waals surface area contributed by atoms with Crippen molar-refractivity contribution >= 4 is 11.6 Å². The number of hydrogen-bond acceptors (Lipinski definition) is 2. The molecule has 0 aliphatic carbocycles. The minimum Gasteiger partial charge on any atom is -0.375 e. The SMILES string of the molecule is CC1OC(C)C(C(N)Cc2ccc(Cl)cc2F)C1C. The molecule has 1 saturated heterocycles. The molecule has 0 radical (unpaired) electrons. The molecule has 19 heavy (non-hydrogen) atoms. The highest BCUT2D eigenvalue weighted by Gasteiger charge is 2.40. The van der Waals surface area contributed by atoms with Crippen molar-refractivity contribution in [1.29, 1.82) is 0 Å². The number of hydrogen-bond donors (Lipinski definition) is 1. The molecule has 4 heteroatoms. The Labute approximate surface area is 119 Å². The van der Waals surface area contributed by atoms with Gasteiger partial charge in [0.05, 0.1) is 12.2 Å². The van der Waals surface area contributed by atoms with Gasteiger partial charge in [0.2, 0.25) is 0 Å². The third-order valence-electron chi connectivity index (χ3n) is 4.28. The number of halogens is 2. The van der Waals surface area contributed by atoms with Crippen LogP contribution in [-0.2, 0) is 11.2 Å². The zero-order valence-electron chi connectivity index (χ0n) is 11.6. The average molecular weight is 286 g/mol. The van der Waals surface area contributed by atoms with Gasteiger partial charge in [-0.05, 0) is 43.9 Å². The van der Waals surface area contributed by atoms with E-state index < -0.39 is 0 Å². The summed E-state index contributed by atoms with van der Waals surface area (Å²) in [5.74, 6) is 0.362. The molecule has 0 spiro atoms. The summed E-state index contributed by atoms with van der Waals surface area (Å²) in [5, 5.41) is 0.411. The second-order valence-corrected chi connectivity index (χ2v) is 6.02. The van der Waals surface area contributed by atoms with E-state index in [1.807, 2.05) is 6.92 Å². The summed E-state index contributed by atoms with van der Waals surface area (Å²) in [6.45, 7) is 6.26. The fourth-order valence-electron chi connectivity index (χ4n) is 3.11. The topological polar surface area (TPSA) is 35.2 Å². The minimum absolute atomic E-state index is 0.106. The van der Waals surface area contributed by atoms with E-state index in [1.165, 1.54) is 6.07 Å². The van der Waals surface area contributed by atoms with Crippen molar-refractivity contribution in [1.82, 2.24) is 0 Å². The Morgan fingerprint density at radius 3 is 2.53 bits per heavy atom. The lowest BCUT2D eigenvalue weighted by molar-refractivity contribution is 0.0490. The summed E-state index contributed by atoms with van der Waals surface area (Å²) in [4.78, 5) is 0. The Morgan fingerprint density at radius 1 is 1.32 bits per heavy atom. The first kappa shape index (κ1) is 14.8. The highest BCUT2D eigenvalue weighted by Crippen LogP contribution is 2.35. The van der Waals surface area contributed by atoms with Gasteiger partial charge in [-0.2, -0.15) is 0 Å². The summed E-state index contributed by atoms with van der Waals surface area (Å²) in [5.41, 5.74) is 6.90. The van der Waals surface area contributed by atoms with Crippen LogP contribution in [0.3, 0.4) is 0 Å². The average Bonchev–Trinajstić information content (AvgIpc) is 2.57. The molecule has 1 fully saturated rings. The second kappa shape index (κ2) is 5.78. The lowest BCUT2D eigenvalue weighted by Gasteiger charge is -2.26. The Morgan fingerprint density at radius 2 is 2.00 bits per heavy atom. The van der Waals surface area contributed by atoms with E-state index in [0.717, 1.165) is 0 Å². The van der Waals surface area contributed by atoms with Crippen LogP contribution in [-0.4, -0.2) is 18.2 Å². The number of benzene rings is 1. The van der Waals surface area contributed by atoms with E-state index in [9.17, 15) is 4.39 Å². The first-order chi connectivity index (χ1) is 8.90. The van der Waals surface area contributed by atoms with Gasteiger partial charge in [-0.1, -0.05) is 24.6 Å². The summed E-state index contributed by atoms with van der Waals surface area (Å²) < 4.78 is 19.6. The maximum Gasteiger partial charge on any atom is 0.127 e. The Kier molecular flexibility index (Phi) is 4.49. The first-order valence-corrected chi connectivity index (χ1v) is 7.13. The molecule has 5 unspecified atom stereocenters. The van der Waals surface area contributed by atoms with Gasteiger partial charge >= 0.3 is 0 Å². The molecule has 106 valence electrons. The molecule has 2 N–H and O–H groups in total. The lowest BCUT2D eigenvalue weighted by Crippen LogP contribution is -2.39. The Balaban J connectivity index is 2.10. The van der Waals surface area contributed by atoms with Gasteiger partial charge in [-0.25, -0.2) is 4.39 Å². The fourth-order valence-corrected chi connectivity index (χ4v) is 3.27. The number of nitrogens with two attached hydrogens (primary N) is 1. The number of ether oxygens (including phenoxy) is 1. The summed E-state index contributed by atoms with van der Waals surface area (Å²) in [7, 11) is 0. The van der Waals surface area contributed by atoms with Crippen LogP contribution >= 0.6 is 11.6 Å². The maximum absolute atomic E-state index is 13.8. The molecule has 0 bridgehead atoms. The van der Waals surface area contributed by atoms with Crippen LogP contribution in [0.4, 0.5) is 4.39 Å². The van der Waals surface area contributed by atoms with E-state index in [2.05, 4.69) is 13.8 Å². The van der Waals surface area contributed by atoms with Crippen molar-refractivity contribution < 1.29 is 9.13 Å². The van der Waals surface area contributed by atoms with Crippen molar-refractivity contribution in [3.8, 4) is 0 Å². The smallest absolute Gasteiger partial charge is 0.127 e. The van der Waals surface area contributed by atoms with E-state index in [4.69, 9.17) is 22.1 Å². The Bertz CT molecular complexity index is 454. The van der Waals surface area contributed by atoms with Crippen molar-refractivity contribution in [3.63, 3.8) is 0 Å². The van der Waals surface area contributed by atoms with Gasteiger partial charge in [0.1, 0.15) is 5.82 Å². The quantitative estimate of drug-likeness (QED) is 0.924. The third kappa shape index (κ3) is 3.10. The third-order valence-corrected chi connectivity index (χ3v) is 4.52. The molecule has 1 aliphatic rings. The van der Waals surface area contributed by atoms with Crippen LogP contribution in [0.5, 0.6) is 0 Å². The molecular formula is C15H21ClFNO. The van der Waals surface area contributed by atoms with Gasteiger partial charge in [0.25, 0.3) is 0 Å². The van der Waals surface area contributed by atoms with Crippen LogP contribution in [0, 0.1) is 17.7 Å². The summed E-state index contributed by atoms with van der Waals surface area (Å²) >= 11 is 5.75. The van der Waals surface area contributed by atoms with Crippen LogP contribution in [0.25, 0.3) is 0 Å². The van der Waals surface area contributed by atoms with Crippen LogP contribution in [0.15, 0.2) is 18.2 Å². The van der Waals surface area contributed by atoms with E-state index in [1.54, 1.807) is 12.1 Å². The van der Waals surface area contributed by atoms with Crippen LogP contribution in [0.1, 0.15) is 26.3 Å². The van der Waals surface area contributed by atoms with E-state index >= 15 is 0 Å². The van der Waals surface area contributed by atoms with E-state index in [0.29, 0.717) is 22.9 Å². The van der Waals surface area contributed by atoms with Crippen molar-refractivity contribution in [2.75, 3.05) is 0 Å². The highest BCUT2D eigenvalue weighted by molar-refractivity contribution is 6.30. The maximum atomic E-state index is 13.8. The van der Waals surface area contributed by atoms with Gasteiger partial charge < -0.3 is 10.5 Å². The largest absolute Gasteiger partial charge is 0.375 e. The standard InChI is InChI=1S/C15H21ClFNO/c1-8-9(2)19-10(3)15(8)14(18)6-11-4-5-12(16)7-13(11)17/h4-5,7-10,14-15H,6,18H2,1-3H3. The van der Waals surface area contributed by atoms with Gasteiger partial charge in [-0.15, -0.1) is 0 Å². The molecule has 1 aromatic carbocycles. The molecule has 2 rings (SSSR count). The molecule has 1 aromatic rings. The first-order valence-electron chi connectivity index (χ1n) is 6.75. The van der Waals surface area contributed by atoms with Crippen molar-refractivity contribution in [2.45, 2.75) is 45.4 Å². The van der Waals surface area contributed by atoms with E-state index in [-0.39, 0.29) is 30.0 Å². The molecule has 1 heterocycles. The molecule has 5 atom stereocenters. The van der Waals surface area contributed by atoms with Gasteiger partial charge in [-0.3, -0.25) is 0 Å². The van der Waals surface area contributed by atoms with Crippen LogP contribution in [0.2, 0.25) is 5.02 Å². The lowest BCUT2D eigenvalue weighted by atomic mass is 9.81. The summed E-state index contributed by atoms with van der Waals surface area (Å²) in [6.07, 6.45) is 0.842. The molecule has 0 amide bonds. The van der Waals surface area contributed by atoms with Crippen molar-refractivity contribution in [3.05, 3.63) is 34.6 Å². The zero-order chi connectivity index (χ0) is 14.2. The molecule has 2 nitrogen and oxygen atoms in total. The highest BCUT2D eigenvalue weighted by atomic mass is 35.5. The second-order valence-electron chi connectivity index (χ2n) is 5.59. The monoisotopic (exact) mass is 285 g/mol. The Hall–Kier alpha value is -0.640.